The molecule has 0 radical (unpaired) electrons. The van der Waals surface area contributed by atoms with Gasteiger partial charge >= 0.3 is 6.03 Å². The number of carbonyl (C=O) groups is 1. The molecule has 2 amide bonds. The summed E-state index contributed by atoms with van der Waals surface area (Å²) >= 11 is 6.33. The van der Waals surface area contributed by atoms with Crippen molar-refractivity contribution >= 4 is 29.0 Å². The molecule has 5 nitrogen and oxygen atoms in total. The van der Waals surface area contributed by atoms with Crippen molar-refractivity contribution in [2.45, 2.75) is 26.7 Å². The molecule has 3 rings (SSSR count). The molecule has 144 valence electrons. The fourth-order valence-electron chi connectivity index (χ4n) is 3.53. The maximum atomic E-state index is 12.8. The molecular weight excluding hydrogens is 362 g/mol. The summed E-state index contributed by atoms with van der Waals surface area (Å²) < 4.78 is 0. The standard InChI is InChI=1S/C21H26ClN3O2/c1-3-15-9-10-17(22)16(4-2)20(15)23-21(27)25-13-11-24(12-14-25)18-7-5-6-8-19(18)26/h5-10,26H,3-4,11-14H2,1-2H3,(H,23,27). The van der Waals surface area contributed by atoms with Crippen molar-refractivity contribution in [3.8, 4) is 5.75 Å². The van der Waals surface area contributed by atoms with Crippen LogP contribution in [0.2, 0.25) is 5.02 Å². The lowest BCUT2D eigenvalue weighted by Gasteiger charge is -2.36. The number of piperazine rings is 1. The Morgan fingerprint density at radius 3 is 2.41 bits per heavy atom. The van der Waals surface area contributed by atoms with E-state index in [0.717, 1.165) is 35.3 Å². The molecule has 1 fully saturated rings. The SMILES string of the molecule is CCc1ccc(Cl)c(CC)c1NC(=O)N1CCN(c2ccccc2O)CC1. The van der Waals surface area contributed by atoms with E-state index in [1.165, 1.54) is 0 Å². The second-order valence-corrected chi connectivity index (χ2v) is 7.07. The van der Waals surface area contributed by atoms with Gasteiger partial charge in [-0.25, -0.2) is 4.79 Å². The Morgan fingerprint density at radius 2 is 1.78 bits per heavy atom. The predicted octanol–water partition coefficient (Wildman–Crippen LogP) is 4.52. The highest BCUT2D eigenvalue weighted by molar-refractivity contribution is 6.32. The van der Waals surface area contributed by atoms with Gasteiger partial charge in [0.25, 0.3) is 0 Å². The molecule has 1 aliphatic heterocycles. The molecule has 0 atom stereocenters. The molecule has 0 bridgehead atoms. The van der Waals surface area contributed by atoms with Crippen LogP contribution >= 0.6 is 11.6 Å². The number of nitrogens with zero attached hydrogens (tertiary/aromatic N) is 2. The summed E-state index contributed by atoms with van der Waals surface area (Å²) in [6.07, 6.45) is 1.60. The van der Waals surface area contributed by atoms with E-state index in [0.29, 0.717) is 31.2 Å². The number of amides is 2. The van der Waals surface area contributed by atoms with Gasteiger partial charge in [0.1, 0.15) is 5.75 Å². The van der Waals surface area contributed by atoms with Crippen molar-refractivity contribution in [2.24, 2.45) is 0 Å². The molecule has 1 saturated heterocycles. The van der Waals surface area contributed by atoms with E-state index in [1.807, 2.05) is 42.2 Å². The Kier molecular flexibility index (Phi) is 6.11. The Bertz CT molecular complexity index is 817. The van der Waals surface area contributed by atoms with Crippen LogP contribution in [0.25, 0.3) is 0 Å². The summed E-state index contributed by atoms with van der Waals surface area (Å²) in [7, 11) is 0. The van der Waals surface area contributed by atoms with Gasteiger partial charge in [0.05, 0.1) is 11.4 Å². The van der Waals surface area contributed by atoms with E-state index in [-0.39, 0.29) is 11.8 Å². The number of urea groups is 1. The van der Waals surface area contributed by atoms with E-state index >= 15 is 0 Å². The number of anilines is 2. The first-order valence-electron chi connectivity index (χ1n) is 9.44. The summed E-state index contributed by atoms with van der Waals surface area (Å²) in [5.74, 6) is 0.273. The number of phenols is 1. The molecule has 1 aliphatic rings. The first kappa shape index (κ1) is 19.4. The van der Waals surface area contributed by atoms with Crippen LogP contribution in [0.15, 0.2) is 36.4 Å². The number of nitrogens with one attached hydrogen (secondary N) is 1. The lowest BCUT2D eigenvalue weighted by Crippen LogP contribution is -2.50. The average molecular weight is 388 g/mol. The Morgan fingerprint density at radius 1 is 1.07 bits per heavy atom. The normalized spacial score (nSPS) is 14.3. The van der Waals surface area contributed by atoms with Crippen molar-refractivity contribution in [2.75, 3.05) is 36.4 Å². The second kappa shape index (κ2) is 8.53. The Labute approximate surface area is 165 Å². The monoisotopic (exact) mass is 387 g/mol. The summed E-state index contributed by atoms with van der Waals surface area (Å²) in [5.41, 5.74) is 3.74. The Hall–Kier alpha value is -2.40. The van der Waals surface area contributed by atoms with E-state index in [9.17, 15) is 9.90 Å². The van der Waals surface area contributed by atoms with E-state index < -0.39 is 0 Å². The molecule has 6 heteroatoms. The van der Waals surface area contributed by atoms with Crippen LogP contribution in [0.4, 0.5) is 16.2 Å². The summed E-state index contributed by atoms with van der Waals surface area (Å²) in [6.45, 7) is 6.68. The first-order valence-corrected chi connectivity index (χ1v) is 9.82. The number of phenolic OH excluding ortho intramolecular Hbond substituents is 1. The van der Waals surface area contributed by atoms with Crippen LogP contribution in [-0.4, -0.2) is 42.2 Å². The number of aromatic hydroxyl groups is 1. The minimum absolute atomic E-state index is 0.0985. The zero-order valence-corrected chi connectivity index (χ0v) is 16.6. The van der Waals surface area contributed by atoms with Crippen molar-refractivity contribution in [1.82, 2.24) is 4.90 Å². The highest BCUT2D eigenvalue weighted by atomic mass is 35.5. The Balaban J connectivity index is 1.69. The topological polar surface area (TPSA) is 55.8 Å². The number of para-hydroxylation sites is 2. The molecule has 1 heterocycles. The lowest BCUT2D eigenvalue weighted by molar-refractivity contribution is 0.208. The fourth-order valence-corrected chi connectivity index (χ4v) is 3.83. The fraction of sp³-hybridized carbons (Fsp3) is 0.381. The van der Waals surface area contributed by atoms with E-state index in [2.05, 4.69) is 17.1 Å². The quantitative estimate of drug-likeness (QED) is 0.810. The molecule has 2 aromatic carbocycles. The van der Waals surface area contributed by atoms with Gasteiger partial charge in [-0.15, -0.1) is 0 Å². The van der Waals surface area contributed by atoms with Gasteiger partial charge in [-0.3, -0.25) is 0 Å². The predicted molar refractivity (Wildman–Crippen MR) is 111 cm³/mol. The third-order valence-corrected chi connectivity index (χ3v) is 5.45. The summed E-state index contributed by atoms with van der Waals surface area (Å²) in [6, 6.07) is 11.1. The molecule has 27 heavy (non-hydrogen) atoms. The van der Waals surface area contributed by atoms with Gasteiger partial charge in [0.2, 0.25) is 0 Å². The number of carbonyl (C=O) groups excluding carboxylic acids is 1. The van der Waals surface area contributed by atoms with Crippen LogP contribution in [-0.2, 0) is 12.8 Å². The zero-order valence-electron chi connectivity index (χ0n) is 15.8. The number of halogens is 1. The van der Waals surface area contributed by atoms with Crippen LogP contribution < -0.4 is 10.2 Å². The van der Waals surface area contributed by atoms with E-state index in [1.54, 1.807) is 6.07 Å². The third kappa shape index (κ3) is 4.14. The number of hydrogen-bond acceptors (Lipinski definition) is 3. The van der Waals surface area contributed by atoms with Crippen molar-refractivity contribution in [3.05, 3.63) is 52.5 Å². The maximum absolute atomic E-state index is 12.8. The van der Waals surface area contributed by atoms with Crippen LogP contribution in [0.5, 0.6) is 5.75 Å². The molecule has 0 unspecified atom stereocenters. The van der Waals surface area contributed by atoms with Gasteiger partial charge in [-0.1, -0.05) is 43.6 Å². The van der Waals surface area contributed by atoms with Gasteiger partial charge in [0.15, 0.2) is 0 Å². The molecule has 0 spiro atoms. The smallest absolute Gasteiger partial charge is 0.321 e. The zero-order chi connectivity index (χ0) is 19.4. The number of rotatable bonds is 4. The minimum atomic E-state index is -0.0985. The van der Waals surface area contributed by atoms with Gasteiger partial charge < -0.3 is 20.2 Å². The molecule has 2 N–H and O–H groups in total. The molecule has 0 saturated carbocycles. The van der Waals surface area contributed by atoms with Crippen molar-refractivity contribution in [3.63, 3.8) is 0 Å². The molecule has 0 aromatic heterocycles. The average Bonchev–Trinajstić information content (AvgIpc) is 2.69. The lowest BCUT2D eigenvalue weighted by atomic mass is 10.0. The van der Waals surface area contributed by atoms with E-state index in [4.69, 9.17) is 11.6 Å². The van der Waals surface area contributed by atoms with Crippen LogP contribution in [0, 0.1) is 0 Å². The summed E-state index contributed by atoms with van der Waals surface area (Å²) in [5, 5.41) is 13.8. The van der Waals surface area contributed by atoms with Crippen LogP contribution in [0.3, 0.4) is 0 Å². The maximum Gasteiger partial charge on any atom is 0.321 e. The molecular formula is C21H26ClN3O2. The minimum Gasteiger partial charge on any atom is -0.506 e. The second-order valence-electron chi connectivity index (χ2n) is 6.66. The summed E-state index contributed by atoms with van der Waals surface area (Å²) in [4.78, 5) is 16.7. The third-order valence-electron chi connectivity index (χ3n) is 5.10. The van der Waals surface area contributed by atoms with Gasteiger partial charge in [0, 0.05) is 31.2 Å². The van der Waals surface area contributed by atoms with Gasteiger partial charge in [-0.2, -0.15) is 0 Å². The first-order chi connectivity index (χ1) is 13.0. The van der Waals surface area contributed by atoms with Crippen molar-refractivity contribution < 1.29 is 9.90 Å². The number of aryl methyl sites for hydroxylation is 1. The number of hydrogen-bond donors (Lipinski definition) is 2. The highest BCUT2D eigenvalue weighted by Crippen LogP contribution is 2.30. The van der Waals surface area contributed by atoms with Gasteiger partial charge in [-0.05, 0) is 42.2 Å². The molecule has 0 aliphatic carbocycles. The number of benzene rings is 2. The van der Waals surface area contributed by atoms with Crippen molar-refractivity contribution in [1.29, 1.82) is 0 Å². The van der Waals surface area contributed by atoms with Crippen LogP contribution in [0.1, 0.15) is 25.0 Å². The molecule has 2 aromatic rings. The largest absolute Gasteiger partial charge is 0.506 e. The highest BCUT2D eigenvalue weighted by Gasteiger charge is 2.24.